The number of nitrogens with two attached hydrogens (primary N) is 2. The molecule has 1 heterocycles. The zero-order chi connectivity index (χ0) is 12.0. The van der Waals surface area contributed by atoms with Crippen molar-refractivity contribution in [2.24, 2.45) is 5.73 Å². The van der Waals surface area contributed by atoms with Gasteiger partial charge >= 0.3 is 5.97 Å². The number of carbonyl (C=O) groups excluding carboxylic acids is 1. The van der Waals surface area contributed by atoms with Crippen molar-refractivity contribution in [3.8, 4) is 11.8 Å². The number of carbonyl (C=O) groups is 1. The van der Waals surface area contributed by atoms with Gasteiger partial charge in [0, 0.05) is 13.0 Å². The average Bonchev–Trinajstić information content (AvgIpc) is 2.30. The molecule has 1 aromatic rings. The number of nitrogen functional groups attached to an aromatic ring is 1. The van der Waals surface area contributed by atoms with Crippen LogP contribution >= 0.6 is 0 Å². The third kappa shape index (κ3) is 2.93. The fourth-order valence-corrected chi connectivity index (χ4v) is 0.931. The quantitative estimate of drug-likeness (QED) is 0.516. The van der Waals surface area contributed by atoms with Crippen LogP contribution in [0, 0.1) is 11.8 Å². The van der Waals surface area contributed by atoms with E-state index in [0.717, 1.165) is 0 Å². The lowest BCUT2D eigenvalue weighted by atomic mass is 10.3. The first-order valence-corrected chi connectivity index (χ1v) is 4.58. The molecule has 84 valence electrons. The predicted molar refractivity (Wildman–Crippen MR) is 58.3 cm³/mol. The van der Waals surface area contributed by atoms with Crippen LogP contribution in [0.2, 0.25) is 0 Å². The molecule has 16 heavy (non-hydrogen) atoms. The number of aromatic nitrogens is 2. The van der Waals surface area contributed by atoms with Gasteiger partial charge in [-0.05, 0) is 5.92 Å². The molecule has 6 heteroatoms. The molecule has 0 atom stereocenters. The summed E-state index contributed by atoms with van der Waals surface area (Å²) in [5.74, 6) is 4.90. The Morgan fingerprint density at radius 3 is 3.00 bits per heavy atom. The molecule has 0 radical (unpaired) electrons. The van der Waals surface area contributed by atoms with Gasteiger partial charge in [0.05, 0.1) is 13.3 Å². The lowest BCUT2D eigenvalue weighted by Gasteiger charge is -2.01. The number of esters is 1. The van der Waals surface area contributed by atoms with Gasteiger partial charge in [0.1, 0.15) is 5.69 Å². The number of hydrogen-bond acceptors (Lipinski definition) is 6. The van der Waals surface area contributed by atoms with E-state index >= 15 is 0 Å². The number of methoxy groups -OCH3 is 1. The average molecular weight is 220 g/mol. The monoisotopic (exact) mass is 220 g/mol. The van der Waals surface area contributed by atoms with Crippen molar-refractivity contribution in [3.05, 3.63) is 17.6 Å². The van der Waals surface area contributed by atoms with Gasteiger partial charge in [0.2, 0.25) is 0 Å². The molecule has 1 rings (SSSR count). The van der Waals surface area contributed by atoms with Crippen LogP contribution in [0.25, 0.3) is 0 Å². The van der Waals surface area contributed by atoms with Gasteiger partial charge in [0.15, 0.2) is 11.5 Å². The number of hydrogen-bond donors (Lipinski definition) is 2. The Morgan fingerprint density at radius 2 is 2.38 bits per heavy atom. The van der Waals surface area contributed by atoms with Crippen LogP contribution < -0.4 is 11.5 Å². The van der Waals surface area contributed by atoms with Crippen molar-refractivity contribution >= 4 is 11.8 Å². The van der Waals surface area contributed by atoms with E-state index in [1.165, 1.54) is 13.3 Å². The smallest absolute Gasteiger partial charge is 0.360 e. The minimum atomic E-state index is -0.632. The fourth-order valence-electron chi connectivity index (χ4n) is 0.931. The van der Waals surface area contributed by atoms with E-state index in [1.807, 2.05) is 0 Å². The molecule has 0 unspecified atom stereocenters. The van der Waals surface area contributed by atoms with Crippen LogP contribution in [-0.4, -0.2) is 29.6 Å². The number of anilines is 1. The van der Waals surface area contributed by atoms with Gasteiger partial charge in [0.25, 0.3) is 0 Å². The largest absolute Gasteiger partial charge is 0.464 e. The van der Waals surface area contributed by atoms with Gasteiger partial charge in [-0.3, -0.25) is 0 Å². The Kier molecular flexibility index (Phi) is 4.24. The van der Waals surface area contributed by atoms with Gasteiger partial charge in [-0.15, -0.1) is 0 Å². The maximum absolute atomic E-state index is 11.2. The van der Waals surface area contributed by atoms with Gasteiger partial charge in [-0.1, -0.05) is 5.92 Å². The molecule has 0 aliphatic heterocycles. The molecule has 0 amide bonds. The zero-order valence-electron chi connectivity index (χ0n) is 8.86. The van der Waals surface area contributed by atoms with Gasteiger partial charge < -0.3 is 16.2 Å². The van der Waals surface area contributed by atoms with E-state index in [1.54, 1.807) is 0 Å². The molecular formula is C10H12N4O2. The van der Waals surface area contributed by atoms with Crippen molar-refractivity contribution in [1.82, 2.24) is 9.97 Å². The number of ether oxygens (including phenoxy) is 1. The van der Waals surface area contributed by atoms with Crippen molar-refractivity contribution < 1.29 is 9.53 Å². The Balaban J connectivity index is 2.99. The number of rotatable bonds is 2. The molecule has 0 aliphatic rings. The molecular weight excluding hydrogens is 208 g/mol. The van der Waals surface area contributed by atoms with E-state index in [9.17, 15) is 4.79 Å². The van der Waals surface area contributed by atoms with Crippen LogP contribution in [-0.2, 0) is 4.74 Å². The summed E-state index contributed by atoms with van der Waals surface area (Å²) in [4.78, 5) is 19.0. The highest BCUT2D eigenvalue weighted by Gasteiger charge is 2.13. The Labute approximate surface area is 93.0 Å². The first kappa shape index (κ1) is 11.9. The lowest BCUT2D eigenvalue weighted by Crippen LogP contribution is -2.10. The summed E-state index contributed by atoms with van der Waals surface area (Å²) in [6.45, 7) is 0.471. The molecule has 4 N–H and O–H groups in total. The second-order valence-corrected chi connectivity index (χ2v) is 2.82. The minimum Gasteiger partial charge on any atom is -0.464 e. The summed E-state index contributed by atoms with van der Waals surface area (Å²) < 4.78 is 4.51. The molecule has 0 saturated heterocycles. The topological polar surface area (TPSA) is 104 Å². The highest BCUT2D eigenvalue weighted by Crippen LogP contribution is 2.06. The molecule has 0 fully saturated rings. The molecule has 0 aliphatic carbocycles. The SMILES string of the molecule is COC(=O)c1nc(C#CCCN)cnc1N. The lowest BCUT2D eigenvalue weighted by molar-refractivity contribution is 0.0595. The minimum absolute atomic E-state index is 0.0243. The standard InChI is InChI=1S/C10H12N4O2/c1-16-10(15)8-9(12)13-6-7(14-8)4-2-3-5-11/h6H,3,5,11H2,1H3,(H2,12,13). The van der Waals surface area contributed by atoms with Crippen LogP contribution in [0.4, 0.5) is 5.82 Å². The Bertz CT molecular complexity index is 448. The van der Waals surface area contributed by atoms with Crippen LogP contribution in [0.5, 0.6) is 0 Å². The molecule has 0 saturated carbocycles. The van der Waals surface area contributed by atoms with E-state index < -0.39 is 5.97 Å². The predicted octanol–water partition coefficient (Wildman–Crippen LogP) is -0.454. The fraction of sp³-hybridized carbons (Fsp3) is 0.300. The summed E-state index contributed by atoms with van der Waals surface area (Å²) >= 11 is 0. The third-order valence-electron chi connectivity index (χ3n) is 1.67. The summed E-state index contributed by atoms with van der Waals surface area (Å²) in [6, 6.07) is 0. The van der Waals surface area contributed by atoms with Crippen LogP contribution in [0.15, 0.2) is 6.20 Å². The Hall–Kier alpha value is -2.13. The van der Waals surface area contributed by atoms with Gasteiger partial charge in [-0.2, -0.15) is 0 Å². The van der Waals surface area contributed by atoms with E-state index in [0.29, 0.717) is 18.7 Å². The van der Waals surface area contributed by atoms with Crippen molar-refractivity contribution in [2.75, 3.05) is 19.4 Å². The highest BCUT2D eigenvalue weighted by atomic mass is 16.5. The van der Waals surface area contributed by atoms with Crippen molar-refractivity contribution in [2.45, 2.75) is 6.42 Å². The van der Waals surface area contributed by atoms with E-state index in [2.05, 4.69) is 26.5 Å². The third-order valence-corrected chi connectivity index (χ3v) is 1.67. The molecule has 1 aromatic heterocycles. The van der Waals surface area contributed by atoms with Crippen LogP contribution in [0.3, 0.4) is 0 Å². The maximum Gasteiger partial charge on any atom is 0.360 e. The summed E-state index contributed by atoms with van der Waals surface area (Å²) in [7, 11) is 1.25. The van der Waals surface area contributed by atoms with Crippen LogP contribution in [0.1, 0.15) is 22.6 Å². The normalized spacial score (nSPS) is 9.12. The maximum atomic E-state index is 11.2. The van der Waals surface area contributed by atoms with Gasteiger partial charge in [-0.25, -0.2) is 14.8 Å². The first-order valence-electron chi connectivity index (χ1n) is 4.58. The van der Waals surface area contributed by atoms with E-state index in [4.69, 9.17) is 11.5 Å². The zero-order valence-corrected chi connectivity index (χ0v) is 8.86. The van der Waals surface area contributed by atoms with Crippen molar-refractivity contribution in [1.29, 1.82) is 0 Å². The second kappa shape index (κ2) is 5.68. The second-order valence-electron chi connectivity index (χ2n) is 2.82. The number of nitrogens with zero attached hydrogens (tertiary/aromatic N) is 2. The Morgan fingerprint density at radius 1 is 1.62 bits per heavy atom. The van der Waals surface area contributed by atoms with E-state index in [-0.39, 0.29) is 11.5 Å². The molecule has 0 aromatic carbocycles. The summed E-state index contributed by atoms with van der Waals surface area (Å²) in [5.41, 5.74) is 11.1. The van der Waals surface area contributed by atoms with Crippen molar-refractivity contribution in [3.63, 3.8) is 0 Å². The molecule has 6 nitrogen and oxygen atoms in total. The summed E-state index contributed by atoms with van der Waals surface area (Å²) in [5, 5.41) is 0. The highest BCUT2D eigenvalue weighted by molar-refractivity contribution is 5.91. The summed E-state index contributed by atoms with van der Waals surface area (Å²) in [6.07, 6.45) is 1.95. The first-order chi connectivity index (χ1) is 7.69. The molecule has 0 spiro atoms. The molecule has 0 bridgehead atoms.